The predicted molar refractivity (Wildman–Crippen MR) is 353 cm³/mol. The first-order chi connectivity index (χ1) is 40.0. The molecule has 1 unspecified atom stereocenters. The van der Waals surface area contributed by atoms with Crippen LogP contribution in [0.2, 0.25) is 0 Å². The predicted octanol–water partition coefficient (Wildman–Crippen LogP) is 24.0. The molecule has 466 valence electrons. The Kier molecular flexibility index (Phi) is 65.7. The summed E-state index contributed by atoms with van der Waals surface area (Å²) in [6.45, 7) is 6.46. The highest BCUT2D eigenvalue weighted by molar-refractivity contribution is 5.71. The second-order valence-electron chi connectivity index (χ2n) is 23.1. The number of allylic oxidation sites excluding steroid dienone is 16. The zero-order valence-electron chi connectivity index (χ0n) is 53.5. The Morgan fingerprint density at radius 2 is 0.481 bits per heavy atom. The van der Waals surface area contributed by atoms with E-state index < -0.39 is 6.10 Å². The molecule has 0 fully saturated rings. The summed E-state index contributed by atoms with van der Waals surface area (Å²) < 4.78 is 16.8. The highest BCUT2D eigenvalue weighted by atomic mass is 16.6. The molecule has 0 aromatic heterocycles. The summed E-state index contributed by atoms with van der Waals surface area (Å²) in [6, 6.07) is 0. The number of esters is 3. The van der Waals surface area contributed by atoms with E-state index in [2.05, 4.69) is 118 Å². The minimum atomic E-state index is -0.774. The van der Waals surface area contributed by atoms with Crippen molar-refractivity contribution in [1.29, 1.82) is 0 Å². The molecule has 0 radical (unpaired) electrons. The van der Waals surface area contributed by atoms with Crippen LogP contribution in [0, 0.1) is 0 Å². The molecule has 0 bridgehead atoms. The molecule has 0 N–H and O–H groups in total. The fraction of sp³-hybridized carbons (Fsp3) is 0.747. The SMILES string of the molecule is CC/C=C\C/C=C\C/C=C\C/C=C\C/C=C\C/C=C\CCCCCCCCCCCCCCCCCCC(=O)OCC(COC(=O)CCCCCCC)OC(=O)CCCCCCCCCCCCC/C=C\C/C=C\CCCCCCC. The maximum Gasteiger partial charge on any atom is 0.306 e. The number of hydrogen-bond donors (Lipinski definition) is 0. The van der Waals surface area contributed by atoms with Gasteiger partial charge in [-0.15, -0.1) is 0 Å². The highest BCUT2D eigenvalue weighted by Gasteiger charge is 2.19. The van der Waals surface area contributed by atoms with Crippen molar-refractivity contribution >= 4 is 17.9 Å². The van der Waals surface area contributed by atoms with Crippen LogP contribution < -0.4 is 0 Å². The molecular formula is C75H130O6. The molecule has 0 aliphatic rings. The van der Waals surface area contributed by atoms with Crippen LogP contribution in [0.5, 0.6) is 0 Å². The van der Waals surface area contributed by atoms with Crippen LogP contribution in [-0.4, -0.2) is 37.2 Å². The molecule has 0 rings (SSSR count). The van der Waals surface area contributed by atoms with Crippen molar-refractivity contribution in [2.75, 3.05) is 13.2 Å². The lowest BCUT2D eigenvalue weighted by molar-refractivity contribution is -0.167. The molecule has 0 aromatic carbocycles. The van der Waals surface area contributed by atoms with Gasteiger partial charge in [0.15, 0.2) is 6.10 Å². The van der Waals surface area contributed by atoms with E-state index in [1.807, 2.05) is 0 Å². The van der Waals surface area contributed by atoms with Crippen molar-refractivity contribution in [3.05, 3.63) is 97.2 Å². The molecule has 1 atom stereocenters. The van der Waals surface area contributed by atoms with E-state index in [1.165, 1.54) is 193 Å². The Hall–Kier alpha value is -3.67. The maximum atomic E-state index is 12.8. The molecule has 0 heterocycles. The van der Waals surface area contributed by atoms with Gasteiger partial charge in [-0.05, 0) is 103 Å². The van der Waals surface area contributed by atoms with Gasteiger partial charge in [-0.2, -0.15) is 0 Å². The van der Waals surface area contributed by atoms with Gasteiger partial charge in [-0.3, -0.25) is 14.4 Å². The minimum absolute atomic E-state index is 0.0745. The van der Waals surface area contributed by atoms with Crippen molar-refractivity contribution < 1.29 is 28.6 Å². The maximum absolute atomic E-state index is 12.8. The number of rotatable bonds is 63. The zero-order chi connectivity index (χ0) is 58.5. The second kappa shape index (κ2) is 68.8. The van der Waals surface area contributed by atoms with Crippen LogP contribution in [0.4, 0.5) is 0 Å². The lowest BCUT2D eigenvalue weighted by atomic mass is 10.0. The van der Waals surface area contributed by atoms with Crippen LogP contribution in [-0.2, 0) is 28.6 Å². The summed E-state index contributed by atoms with van der Waals surface area (Å²) in [5.74, 6) is -0.877. The summed E-state index contributed by atoms with van der Waals surface area (Å²) in [7, 11) is 0. The van der Waals surface area contributed by atoms with Crippen molar-refractivity contribution in [3.8, 4) is 0 Å². The molecule has 0 saturated carbocycles. The molecule has 0 spiro atoms. The molecule has 0 saturated heterocycles. The zero-order valence-corrected chi connectivity index (χ0v) is 53.5. The van der Waals surface area contributed by atoms with E-state index in [4.69, 9.17) is 14.2 Å². The number of ether oxygens (including phenoxy) is 3. The monoisotopic (exact) mass is 1130 g/mol. The third kappa shape index (κ3) is 67.0. The third-order valence-corrected chi connectivity index (χ3v) is 15.1. The third-order valence-electron chi connectivity index (χ3n) is 15.1. The normalized spacial score (nSPS) is 12.7. The second-order valence-corrected chi connectivity index (χ2v) is 23.1. The van der Waals surface area contributed by atoms with Crippen molar-refractivity contribution in [2.45, 2.75) is 348 Å². The van der Waals surface area contributed by atoms with Gasteiger partial charge in [-0.1, -0.05) is 317 Å². The molecule has 6 nitrogen and oxygen atoms in total. The van der Waals surface area contributed by atoms with E-state index in [0.29, 0.717) is 19.3 Å². The Morgan fingerprint density at radius 3 is 0.753 bits per heavy atom. The van der Waals surface area contributed by atoms with Gasteiger partial charge in [0.05, 0.1) is 0 Å². The van der Waals surface area contributed by atoms with Crippen molar-refractivity contribution in [3.63, 3.8) is 0 Å². The topological polar surface area (TPSA) is 78.9 Å². The average Bonchev–Trinajstić information content (AvgIpc) is 3.47. The molecule has 0 aliphatic heterocycles. The Bertz CT molecular complexity index is 1580. The number of carbonyl (C=O) groups is 3. The van der Waals surface area contributed by atoms with Gasteiger partial charge >= 0.3 is 17.9 Å². The summed E-state index contributed by atoms with van der Waals surface area (Å²) in [6.07, 6.45) is 93.4. The summed E-state index contributed by atoms with van der Waals surface area (Å²) in [4.78, 5) is 38.0. The standard InChI is InChI=1S/C75H130O6/c1-4-7-10-13-15-17-19-21-23-25-27-29-31-32-33-34-35-36-37-38-39-40-41-42-44-45-47-49-51-53-55-57-59-62-65-68-74(77)80-71-72(70-79-73(76)67-64-61-12-9-6-3)81-75(78)69-66-63-60-58-56-54-52-50-48-46-43-30-28-26-24-22-20-18-16-14-11-8-5-2/h7,10,15,17,20-23,26-29,32-33,35-36,72H,4-6,8-9,11-14,16,18-19,24-25,30-31,34,37-71H2,1-3H3/b10-7-,17-15-,22-20-,23-21-,28-26-,29-27-,33-32-,36-35-. The van der Waals surface area contributed by atoms with Crippen molar-refractivity contribution in [1.82, 2.24) is 0 Å². The molecule has 81 heavy (non-hydrogen) atoms. The molecule has 0 aromatic rings. The van der Waals surface area contributed by atoms with Crippen LogP contribution >= 0.6 is 0 Å². The number of hydrogen-bond acceptors (Lipinski definition) is 6. The summed E-state index contributed by atoms with van der Waals surface area (Å²) in [5.41, 5.74) is 0. The first kappa shape index (κ1) is 77.3. The molecule has 6 heteroatoms. The van der Waals surface area contributed by atoms with E-state index in [1.54, 1.807) is 0 Å². The van der Waals surface area contributed by atoms with Crippen LogP contribution in [0.25, 0.3) is 0 Å². The molecule has 0 amide bonds. The Morgan fingerprint density at radius 1 is 0.259 bits per heavy atom. The first-order valence-electron chi connectivity index (χ1n) is 34.7. The lowest BCUT2D eigenvalue weighted by Gasteiger charge is -2.18. The van der Waals surface area contributed by atoms with Gasteiger partial charge in [0.2, 0.25) is 0 Å². The largest absolute Gasteiger partial charge is 0.462 e. The number of carbonyl (C=O) groups excluding carboxylic acids is 3. The smallest absolute Gasteiger partial charge is 0.306 e. The van der Waals surface area contributed by atoms with E-state index in [-0.39, 0.29) is 31.1 Å². The van der Waals surface area contributed by atoms with Gasteiger partial charge in [-0.25, -0.2) is 0 Å². The summed E-state index contributed by atoms with van der Waals surface area (Å²) >= 11 is 0. The van der Waals surface area contributed by atoms with Crippen LogP contribution in [0.15, 0.2) is 97.2 Å². The van der Waals surface area contributed by atoms with Gasteiger partial charge in [0.1, 0.15) is 13.2 Å². The van der Waals surface area contributed by atoms with E-state index in [9.17, 15) is 14.4 Å². The fourth-order valence-corrected chi connectivity index (χ4v) is 9.89. The highest BCUT2D eigenvalue weighted by Crippen LogP contribution is 2.17. The van der Waals surface area contributed by atoms with Crippen molar-refractivity contribution in [2.24, 2.45) is 0 Å². The first-order valence-corrected chi connectivity index (χ1v) is 34.7. The molecular weight excluding hydrogens is 997 g/mol. The van der Waals surface area contributed by atoms with Crippen LogP contribution in [0.1, 0.15) is 342 Å². The number of unbranched alkanes of at least 4 members (excludes halogenated alkanes) is 36. The average molecular weight is 1130 g/mol. The Balaban J connectivity index is 3.96. The van der Waals surface area contributed by atoms with Gasteiger partial charge < -0.3 is 14.2 Å². The minimum Gasteiger partial charge on any atom is -0.462 e. The van der Waals surface area contributed by atoms with E-state index in [0.717, 1.165) is 109 Å². The van der Waals surface area contributed by atoms with E-state index >= 15 is 0 Å². The van der Waals surface area contributed by atoms with Gasteiger partial charge in [0, 0.05) is 19.3 Å². The van der Waals surface area contributed by atoms with Gasteiger partial charge in [0.25, 0.3) is 0 Å². The summed E-state index contributed by atoms with van der Waals surface area (Å²) in [5, 5.41) is 0. The van der Waals surface area contributed by atoms with Crippen LogP contribution in [0.3, 0.4) is 0 Å². The fourth-order valence-electron chi connectivity index (χ4n) is 9.89. The molecule has 0 aliphatic carbocycles. The Labute approximate surface area is 502 Å². The quantitative estimate of drug-likeness (QED) is 0.0261. The lowest BCUT2D eigenvalue weighted by Crippen LogP contribution is -2.30.